The average molecular weight is 361 g/mol. The molecule has 0 N–H and O–H groups in total. The van der Waals surface area contributed by atoms with Crippen LogP contribution in [0, 0.1) is 6.92 Å². The van der Waals surface area contributed by atoms with Crippen LogP contribution in [-0.2, 0) is 12.3 Å². The maximum absolute atomic E-state index is 5.75. The molecule has 3 rings (SSSR count). The molecule has 8 nitrogen and oxygen atoms in total. The van der Waals surface area contributed by atoms with E-state index < -0.39 is 0 Å². The first-order valence-corrected chi connectivity index (χ1v) is 8.72. The van der Waals surface area contributed by atoms with Crippen molar-refractivity contribution in [2.75, 3.05) is 14.2 Å². The van der Waals surface area contributed by atoms with Gasteiger partial charge in [-0.05, 0) is 32.0 Å². The number of hydrogen-bond acceptors (Lipinski definition) is 8. The summed E-state index contributed by atoms with van der Waals surface area (Å²) in [5.74, 6) is 3.64. The summed E-state index contributed by atoms with van der Waals surface area (Å²) in [7, 11) is 3.18. The Bertz CT molecular complexity index is 861. The fourth-order valence-electron chi connectivity index (χ4n) is 2.36. The molecule has 0 unspecified atom stereocenters. The van der Waals surface area contributed by atoms with Gasteiger partial charge in [0.1, 0.15) is 5.82 Å². The standard InChI is InChI=1S/C16H19N5O3S/c1-5-21-10(2)17-20-16(21)25-9-14-18-19-15(24-14)11-6-7-12(22-3)13(8-11)23-4/h6-8H,5,9H2,1-4H3. The van der Waals surface area contributed by atoms with Gasteiger partial charge >= 0.3 is 0 Å². The van der Waals surface area contributed by atoms with Crippen LogP contribution in [0.5, 0.6) is 11.5 Å². The fourth-order valence-corrected chi connectivity index (χ4v) is 3.24. The van der Waals surface area contributed by atoms with Gasteiger partial charge in [0.15, 0.2) is 16.7 Å². The Morgan fingerprint density at radius 2 is 1.88 bits per heavy atom. The van der Waals surface area contributed by atoms with E-state index in [4.69, 9.17) is 13.9 Å². The van der Waals surface area contributed by atoms with Crippen LogP contribution in [-0.4, -0.2) is 39.2 Å². The van der Waals surface area contributed by atoms with Crippen molar-refractivity contribution in [2.24, 2.45) is 0 Å². The van der Waals surface area contributed by atoms with Crippen LogP contribution in [0.1, 0.15) is 18.6 Å². The van der Waals surface area contributed by atoms with Crippen molar-refractivity contribution in [1.82, 2.24) is 25.0 Å². The van der Waals surface area contributed by atoms with Crippen molar-refractivity contribution in [2.45, 2.75) is 31.3 Å². The van der Waals surface area contributed by atoms with Gasteiger partial charge in [0.25, 0.3) is 0 Å². The molecule has 132 valence electrons. The van der Waals surface area contributed by atoms with Crippen molar-refractivity contribution in [3.8, 4) is 23.0 Å². The second-order valence-corrected chi connectivity index (χ2v) is 6.08. The topological polar surface area (TPSA) is 88.1 Å². The molecule has 0 fully saturated rings. The molecule has 3 aromatic rings. The van der Waals surface area contributed by atoms with Gasteiger partial charge in [0.2, 0.25) is 11.8 Å². The Labute approximate surface area is 149 Å². The maximum atomic E-state index is 5.75. The molecular weight excluding hydrogens is 342 g/mol. The van der Waals surface area contributed by atoms with E-state index in [0.717, 1.165) is 23.1 Å². The van der Waals surface area contributed by atoms with E-state index >= 15 is 0 Å². The first kappa shape index (κ1) is 17.3. The SMILES string of the molecule is CCn1c(C)nnc1SCc1nnc(-c2ccc(OC)c(OC)c2)o1. The van der Waals surface area contributed by atoms with Crippen LogP contribution in [0.2, 0.25) is 0 Å². The van der Waals surface area contributed by atoms with E-state index in [0.29, 0.717) is 29.0 Å². The first-order chi connectivity index (χ1) is 12.2. The summed E-state index contributed by atoms with van der Waals surface area (Å²) in [5, 5.41) is 17.3. The minimum Gasteiger partial charge on any atom is -0.493 e. The molecule has 0 aliphatic rings. The number of rotatable bonds is 7. The third-order valence-electron chi connectivity index (χ3n) is 3.64. The zero-order chi connectivity index (χ0) is 17.8. The molecule has 0 amide bonds. The summed E-state index contributed by atoms with van der Waals surface area (Å²) in [6.45, 7) is 4.81. The predicted octanol–water partition coefficient (Wildman–Crippen LogP) is 2.97. The van der Waals surface area contributed by atoms with Crippen LogP contribution >= 0.6 is 11.8 Å². The third kappa shape index (κ3) is 3.60. The highest BCUT2D eigenvalue weighted by Gasteiger charge is 2.14. The van der Waals surface area contributed by atoms with Gasteiger partial charge in [-0.15, -0.1) is 20.4 Å². The van der Waals surface area contributed by atoms with Crippen LogP contribution in [0.4, 0.5) is 0 Å². The third-order valence-corrected chi connectivity index (χ3v) is 4.59. The van der Waals surface area contributed by atoms with Crippen molar-refractivity contribution in [3.05, 3.63) is 29.9 Å². The van der Waals surface area contributed by atoms with Crippen molar-refractivity contribution >= 4 is 11.8 Å². The van der Waals surface area contributed by atoms with Gasteiger partial charge in [-0.2, -0.15) is 0 Å². The van der Waals surface area contributed by atoms with E-state index in [1.54, 1.807) is 26.4 Å². The van der Waals surface area contributed by atoms with Gasteiger partial charge < -0.3 is 18.5 Å². The lowest BCUT2D eigenvalue weighted by Gasteiger charge is -2.07. The molecule has 0 saturated heterocycles. The lowest BCUT2D eigenvalue weighted by Crippen LogP contribution is -1.99. The molecule has 1 aromatic carbocycles. The lowest BCUT2D eigenvalue weighted by atomic mass is 10.2. The molecule has 0 aliphatic heterocycles. The summed E-state index contributed by atoms with van der Waals surface area (Å²) in [4.78, 5) is 0. The Kier molecular flexibility index (Phi) is 5.22. The summed E-state index contributed by atoms with van der Waals surface area (Å²) in [6.07, 6.45) is 0. The van der Waals surface area contributed by atoms with E-state index in [1.807, 2.05) is 17.6 Å². The second kappa shape index (κ2) is 7.56. The van der Waals surface area contributed by atoms with Gasteiger partial charge in [-0.1, -0.05) is 11.8 Å². The Morgan fingerprint density at radius 1 is 1.08 bits per heavy atom. The smallest absolute Gasteiger partial charge is 0.247 e. The number of nitrogens with zero attached hydrogens (tertiary/aromatic N) is 5. The van der Waals surface area contributed by atoms with Crippen molar-refractivity contribution < 1.29 is 13.9 Å². The average Bonchev–Trinajstić information content (AvgIpc) is 3.25. The number of hydrogen-bond donors (Lipinski definition) is 0. The highest BCUT2D eigenvalue weighted by atomic mass is 32.2. The molecule has 0 saturated carbocycles. The Morgan fingerprint density at radius 3 is 2.60 bits per heavy atom. The van der Waals surface area contributed by atoms with Crippen LogP contribution in [0.15, 0.2) is 27.8 Å². The number of aryl methyl sites for hydroxylation is 1. The maximum Gasteiger partial charge on any atom is 0.247 e. The van der Waals surface area contributed by atoms with Crippen LogP contribution in [0.3, 0.4) is 0 Å². The van der Waals surface area contributed by atoms with E-state index in [-0.39, 0.29) is 0 Å². The molecule has 0 atom stereocenters. The zero-order valence-corrected chi connectivity index (χ0v) is 15.3. The number of benzene rings is 1. The normalized spacial score (nSPS) is 10.9. The largest absolute Gasteiger partial charge is 0.493 e. The van der Waals surface area contributed by atoms with Crippen molar-refractivity contribution in [1.29, 1.82) is 0 Å². The predicted molar refractivity (Wildman–Crippen MR) is 92.8 cm³/mol. The van der Waals surface area contributed by atoms with E-state index in [1.165, 1.54) is 11.8 Å². The van der Waals surface area contributed by atoms with Gasteiger partial charge in [0, 0.05) is 12.1 Å². The van der Waals surface area contributed by atoms with Crippen LogP contribution in [0.25, 0.3) is 11.5 Å². The van der Waals surface area contributed by atoms with Gasteiger partial charge in [-0.25, -0.2) is 0 Å². The molecule has 2 heterocycles. The minimum absolute atomic E-state index is 0.435. The first-order valence-electron chi connectivity index (χ1n) is 7.73. The summed E-state index contributed by atoms with van der Waals surface area (Å²) in [6, 6.07) is 5.46. The highest BCUT2D eigenvalue weighted by Crippen LogP contribution is 2.32. The molecular formula is C16H19N5O3S. The van der Waals surface area contributed by atoms with E-state index in [9.17, 15) is 0 Å². The molecule has 25 heavy (non-hydrogen) atoms. The molecule has 0 radical (unpaired) electrons. The lowest BCUT2D eigenvalue weighted by molar-refractivity contribution is 0.355. The molecule has 0 aliphatic carbocycles. The molecule has 2 aromatic heterocycles. The number of thioether (sulfide) groups is 1. The number of aromatic nitrogens is 5. The Hall–Kier alpha value is -2.55. The number of ether oxygens (including phenoxy) is 2. The number of methoxy groups -OCH3 is 2. The summed E-state index contributed by atoms with van der Waals surface area (Å²) < 4.78 is 18.3. The quantitative estimate of drug-likeness (QED) is 0.594. The fraction of sp³-hybridized carbons (Fsp3) is 0.375. The van der Waals surface area contributed by atoms with E-state index in [2.05, 4.69) is 27.3 Å². The molecule has 0 spiro atoms. The summed E-state index contributed by atoms with van der Waals surface area (Å²) >= 11 is 1.52. The van der Waals surface area contributed by atoms with Crippen molar-refractivity contribution in [3.63, 3.8) is 0 Å². The molecule has 0 bridgehead atoms. The Balaban J connectivity index is 1.74. The van der Waals surface area contributed by atoms with Crippen LogP contribution < -0.4 is 9.47 Å². The highest BCUT2D eigenvalue weighted by molar-refractivity contribution is 7.98. The zero-order valence-electron chi connectivity index (χ0n) is 14.5. The van der Waals surface area contributed by atoms with Gasteiger partial charge in [-0.3, -0.25) is 0 Å². The molecule has 9 heteroatoms. The second-order valence-electron chi connectivity index (χ2n) is 5.13. The summed E-state index contributed by atoms with van der Waals surface area (Å²) in [5.41, 5.74) is 0.772. The van der Waals surface area contributed by atoms with Gasteiger partial charge in [0.05, 0.1) is 20.0 Å². The minimum atomic E-state index is 0.435. The monoisotopic (exact) mass is 361 g/mol.